The average molecular weight is 336 g/mol. The normalized spacial score (nSPS) is 19.8. The maximum absolute atomic E-state index is 13.0. The molecule has 2 aromatic rings. The van der Waals surface area contributed by atoms with Crippen molar-refractivity contribution >= 4 is 5.91 Å². The minimum absolute atomic E-state index is 0.0460. The van der Waals surface area contributed by atoms with Gasteiger partial charge in [-0.1, -0.05) is 18.2 Å². The number of H-pyrrole nitrogens is 1. The molecule has 7 heteroatoms. The third-order valence-corrected chi connectivity index (χ3v) is 4.07. The zero-order chi connectivity index (χ0) is 17.5. The number of nitrogens with one attached hydrogen (secondary N) is 2. The van der Waals surface area contributed by atoms with Crippen LogP contribution in [0.5, 0.6) is 0 Å². The van der Waals surface area contributed by atoms with Crippen LogP contribution in [0.3, 0.4) is 0 Å². The van der Waals surface area contributed by atoms with Crippen molar-refractivity contribution in [1.82, 2.24) is 10.3 Å². The van der Waals surface area contributed by atoms with Gasteiger partial charge in [-0.05, 0) is 37.1 Å². The van der Waals surface area contributed by atoms with E-state index >= 15 is 0 Å². The SMILES string of the molecule is Cc1ccc(C(=O)N[C@H]2C[C@H]2c2ccccc2C(F)(F)F)c(=O)[nH]1. The van der Waals surface area contributed by atoms with Crippen LogP contribution in [0, 0.1) is 6.92 Å². The van der Waals surface area contributed by atoms with Crippen LogP contribution in [0.25, 0.3) is 0 Å². The van der Waals surface area contributed by atoms with Crippen LogP contribution in [0.2, 0.25) is 0 Å². The largest absolute Gasteiger partial charge is 0.416 e. The van der Waals surface area contributed by atoms with Gasteiger partial charge in [0.1, 0.15) is 5.56 Å². The van der Waals surface area contributed by atoms with Crippen molar-refractivity contribution in [3.8, 4) is 0 Å². The summed E-state index contributed by atoms with van der Waals surface area (Å²) in [5.74, 6) is -0.968. The summed E-state index contributed by atoms with van der Waals surface area (Å²) in [5, 5.41) is 2.63. The summed E-state index contributed by atoms with van der Waals surface area (Å²) in [7, 11) is 0. The molecule has 0 unspecified atom stereocenters. The number of rotatable bonds is 3. The zero-order valence-corrected chi connectivity index (χ0v) is 12.8. The predicted octanol–water partition coefficient (Wildman–Crippen LogP) is 2.99. The van der Waals surface area contributed by atoms with Crippen LogP contribution in [0.4, 0.5) is 13.2 Å². The summed E-state index contributed by atoms with van der Waals surface area (Å²) in [4.78, 5) is 26.4. The van der Waals surface area contributed by atoms with E-state index in [1.54, 1.807) is 19.1 Å². The molecule has 1 aliphatic carbocycles. The van der Waals surface area contributed by atoms with Crippen molar-refractivity contribution in [1.29, 1.82) is 0 Å². The lowest BCUT2D eigenvalue weighted by Gasteiger charge is -2.12. The van der Waals surface area contributed by atoms with Crippen LogP contribution in [-0.2, 0) is 6.18 Å². The first kappa shape index (κ1) is 16.3. The molecule has 126 valence electrons. The van der Waals surface area contributed by atoms with E-state index in [0.29, 0.717) is 12.1 Å². The van der Waals surface area contributed by atoms with Gasteiger partial charge in [-0.25, -0.2) is 0 Å². The van der Waals surface area contributed by atoms with E-state index in [1.807, 2.05) is 0 Å². The summed E-state index contributed by atoms with van der Waals surface area (Å²) in [6, 6.07) is 7.96. The van der Waals surface area contributed by atoms with Gasteiger partial charge >= 0.3 is 6.18 Å². The fourth-order valence-electron chi connectivity index (χ4n) is 2.77. The Kier molecular flexibility index (Phi) is 3.95. The Balaban J connectivity index is 1.75. The predicted molar refractivity (Wildman–Crippen MR) is 81.9 cm³/mol. The molecule has 1 aromatic carbocycles. The highest BCUT2D eigenvalue weighted by Crippen LogP contribution is 2.46. The van der Waals surface area contributed by atoms with Crippen LogP contribution >= 0.6 is 0 Å². The number of hydrogen-bond donors (Lipinski definition) is 2. The van der Waals surface area contributed by atoms with Crippen molar-refractivity contribution in [3.63, 3.8) is 0 Å². The summed E-state index contributed by atoms with van der Waals surface area (Å²) in [6.45, 7) is 1.69. The molecule has 1 heterocycles. The quantitative estimate of drug-likeness (QED) is 0.905. The van der Waals surface area contributed by atoms with Crippen molar-refractivity contribution < 1.29 is 18.0 Å². The lowest BCUT2D eigenvalue weighted by molar-refractivity contribution is -0.138. The van der Waals surface area contributed by atoms with Crippen molar-refractivity contribution in [2.45, 2.75) is 31.5 Å². The molecule has 0 bridgehead atoms. The topological polar surface area (TPSA) is 62.0 Å². The van der Waals surface area contributed by atoms with E-state index in [4.69, 9.17) is 0 Å². The van der Waals surface area contributed by atoms with Gasteiger partial charge in [0.05, 0.1) is 5.56 Å². The molecule has 1 aliphatic rings. The molecule has 0 spiro atoms. The van der Waals surface area contributed by atoms with Crippen LogP contribution in [0.15, 0.2) is 41.2 Å². The highest BCUT2D eigenvalue weighted by Gasteiger charge is 2.45. The van der Waals surface area contributed by atoms with Crippen molar-refractivity contribution in [2.24, 2.45) is 0 Å². The van der Waals surface area contributed by atoms with Crippen LogP contribution in [-0.4, -0.2) is 16.9 Å². The van der Waals surface area contributed by atoms with Gasteiger partial charge in [0, 0.05) is 17.7 Å². The highest BCUT2D eigenvalue weighted by atomic mass is 19.4. The number of aromatic nitrogens is 1. The van der Waals surface area contributed by atoms with E-state index < -0.39 is 35.2 Å². The molecule has 24 heavy (non-hydrogen) atoms. The molecule has 2 atom stereocenters. The summed E-state index contributed by atoms with van der Waals surface area (Å²) in [5.41, 5.74) is -0.441. The van der Waals surface area contributed by atoms with Crippen molar-refractivity contribution in [2.75, 3.05) is 0 Å². The second-order valence-electron chi connectivity index (χ2n) is 5.89. The number of benzene rings is 1. The number of alkyl halides is 3. The second-order valence-corrected chi connectivity index (χ2v) is 5.89. The van der Waals surface area contributed by atoms with E-state index in [9.17, 15) is 22.8 Å². The fraction of sp³-hybridized carbons (Fsp3) is 0.294. The summed E-state index contributed by atoms with van der Waals surface area (Å²) in [6.07, 6.45) is -4.01. The first-order chi connectivity index (χ1) is 11.3. The lowest BCUT2D eigenvalue weighted by atomic mass is 10.0. The number of amides is 1. The Morgan fingerprint density at radius 2 is 1.92 bits per heavy atom. The van der Waals surface area contributed by atoms with Crippen LogP contribution < -0.4 is 10.9 Å². The standard InChI is InChI=1S/C17H15F3N2O2/c1-9-6-7-11(15(23)21-9)16(24)22-14-8-12(14)10-4-2-3-5-13(10)17(18,19)20/h2-7,12,14H,8H2,1H3,(H,21,23)(H,22,24)/t12-,14-/m0/s1. The average Bonchev–Trinajstić information content (AvgIpc) is 3.25. The molecule has 2 N–H and O–H groups in total. The molecule has 0 aliphatic heterocycles. The Bertz CT molecular complexity index is 842. The number of carbonyl (C=O) groups excluding carboxylic acids is 1. The highest BCUT2D eigenvalue weighted by molar-refractivity contribution is 5.94. The summed E-state index contributed by atoms with van der Waals surface area (Å²) >= 11 is 0. The number of aryl methyl sites for hydroxylation is 1. The molecule has 1 aromatic heterocycles. The van der Waals surface area contributed by atoms with Gasteiger partial charge in [-0.2, -0.15) is 13.2 Å². The van der Waals surface area contributed by atoms with Gasteiger partial charge in [-0.3, -0.25) is 9.59 Å². The fourth-order valence-corrected chi connectivity index (χ4v) is 2.77. The Morgan fingerprint density at radius 3 is 2.58 bits per heavy atom. The molecule has 4 nitrogen and oxygen atoms in total. The number of carbonyl (C=O) groups is 1. The molecule has 0 radical (unpaired) electrons. The Labute approximate surface area is 135 Å². The second kappa shape index (κ2) is 5.81. The zero-order valence-electron chi connectivity index (χ0n) is 12.8. The molecule has 1 fully saturated rings. The minimum Gasteiger partial charge on any atom is -0.348 e. The Hall–Kier alpha value is -2.57. The maximum Gasteiger partial charge on any atom is 0.416 e. The molecular formula is C17H15F3N2O2. The number of hydrogen-bond acceptors (Lipinski definition) is 2. The van der Waals surface area contributed by atoms with Gasteiger partial charge in [0.25, 0.3) is 11.5 Å². The van der Waals surface area contributed by atoms with E-state index in [-0.39, 0.29) is 11.1 Å². The van der Waals surface area contributed by atoms with E-state index in [2.05, 4.69) is 10.3 Å². The molecular weight excluding hydrogens is 321 g/mol. The summed E-state index contributed by atoms with van der Waals surface area (Å²) < 4.78 is 39.1. The molecule has 1 saturated carbocycles. The Morgan fingerprint density at radius 1 is 1.21 bits per heavy atom. The smallest absolute Gasteiger partial charge is 0.348 e. The molecule has 0 saturated heterocycles. The minimum atomic E-state index is -4.43. The maximum atomic E-state index is 13.0. The number of halogens is 3. The van der Waals surface area contributed by atoms with Gasteiger partial charge in [0.2, 0.25) is 0 Å². The third kappa shape index (κ3) is 3.20. The number of aromatic amines is 1. The van der Waals surface area contributed by atoms with E-state index in [1.165, 1.54) is 18.2 Å². The molecule has 3 rings (SSSR count). The first-order valence-corrected chi connectivity index (χ1v) is 7.44. The monoisotopic (exact) mass is 336 g/mol. The van der Waals surface area contributed by atoms with Gasteiger partial charge in [-0.15, -0.1) is 0 Å². The third-order valence-electron chi connectivity index (χ3n) is 4.07. The number of pyridine rings is 1. The lowest BCUT2D eigenvalue weighted by Crippen LogP contribution is -2.32. The molecule has 1 amide bonds. The van der Waals surface area contributed by atoms with Crippen LogP contribution in [0.1, 0.15) is 39.5 Å². The van der Waals surface area contributed by atoms with Crippen molar-refractivity contribution in [3.05, 3.63) is 69.1 Å². The van der Waals surface area contributed by atoms with Gasteiger partial charge < -0.3 is 10.3 Å². The first-order valence-electron chi connectivity index (χ1n) is 7.44. The van der Waals surface area contributed by atoms with Gasteiger partial charge in [0.15, 0.2) is 0 Å². The van der Waals surface area contributed by atoms with E-state index in [0.717, 1.165) is 6.07 Å².